The Hall–Kier alpha value is -1.58. The van der Waals surface area contributed by atoms with Crippen LogP contribution in [0, 0.1) is 42.6 Å². The van der Waals surface area contributed by atoms with Gasteiger partial charge in [0.05, 0.1) is 12.2 Å². The van der Waals surface area contributed by atoms with Gasteiger partial charge in [-0.15, -0.1) is 34.9 Å². The van der Waals surface area contributed by atoms with Crippen LogP contribution in [0.5, 0.6) is 0 Å². The predicted molar refractivity (Wildman–Crippen MR) is 136 cm³/mol. The number of aromatic nitrogens is 1. The van der Waals surface area contributed by atoms with Gasteiger partial charge >= 0.3 is 0 Å². The van der Waals surface area contributed by atoms with Crippen LogP contribution >= 0.6 is 0 Å². The molecule has 2 fully saturated rings. The molecular formula is C30H38IrNO2-. The molecule has 4 unspecified atom stereocenters. The van der Waals surface area contributed by atoms with E-state index in [2.05, 4.69) is 89.0 Å². The number of aryl methyl sites for hydroxylation is 2. The Labute approximate surface area is 218 Å². The van der Waals surface area contributed by atoms with Crippen molar-refractivity contribution in [2.75, 3.05) is 0 Å². The molecule has 3 nitrogen and oxygen atoms in total. The quantitative estimate of drug-likeness (QED) is 0.300. The van der Waals surface area contributed by atoms with Gasteiger partial charge in [-0.2, -0.15) is 0 Å². The molecule has 34 heavy (non-hydrogen) atoms. The summed E-state index contributed by atoms with van der Waals surface area (Å²) in [4.78, 5) is 4.53. The van der Waals surface area contributed by atoms with Gasteiger partial charge in [-0.1, -0.05) is 65.8 Å². The molecule has 4 heteroatoms. The molecule has 1 radical (unpaired) electrons. The second kappa shape index (κ2) is 10.2. The number of aliphatic hydroxyl groups excluding tert-OH is 2. The first-order valence-electron chi connectivity index (χ1n) is 12.2. The third kappa shape index (κ3) is 5.31. The number of hydrogen-bond acceptors (Lipinski definition) is 3. The van der Waals surface area contributed by atoms with E-state index in [0.29, 0.717) is 5.92 Å². The standard InChI is InChI=1S/C17H14N.C13H24O2.Ir/c1-12-9-13(2)11-15(10-12)17-16-6-4-3-5-14(16)7-8-18-17;1-12(2)6-5-8-7-13(3,4)11(15)9(8)10(12)14;/h3-10H,1-2H3;8-11,14-15H,5-7H2,1-4H3;/q-1;;. The molecule has 2 aromatic carbocycles. The van der Waals surface area contributed by atoms with Crippen molar-refractivity contribution in [3.05, 3.63) is 65.9 Å². The second-order valence-electron chi connectivity index (χ2n) is 11.6. The second-order valence-corrected chi connectivity index (χ2v) is 11.6. The van der Waals surface area contributed by atoms with E-state index >= 15 is 0 Å². The molecular weight excluding hydrogens is 599 g/mol. The van der Waals surface area contributed by atoms with Crippen molar-refractivity contribution in [2.45, 2.75) is 73.0 Å². The number of aliphatic hydroxyl groups is 2. The van der Waals surface area contributed by atoms with Crippen LogP contribution in [-0.4, -0.2) is 27.4 Å². The molecule has 0 spiro atoms. The molecule has 2 N–H and O–H groups in total. The summed E-state index contributed by atoms with van der Waals surface area (Å²) >= 11 is 0. The number of nitrogens with zero attached hydrogens (tertiary/aromatic N) is 1. The van der Waals surface area contributed by atoms with E-state index in [-0.39, 0.29) is 49.1 Å². The summed E-state index contributed by atoms with van der Waals surface area (Å²) in [6.45, 7) is 12.7. The van der Waals surface area contributed by atoms with E-state index in [1.165, 1.54) is 16.3 Å². The Morgan fingerprint density at radius 1 is 0.941 bits per heavy atom. The largest absolute Gasteiger partial charge is 0.392 e. The Balaban J connectivity index is 0.000000188. The van der Waals surface area contributed by atoms with Crippen LogP contribution in [0.2, 0.25) is 0 Å². The molecule has 1 heterocycles. The van der Waals surface area contributed by atoms with Gasteiger partial charge in [-0.25, -0.2) is 0 Å². The molecule has 0 saturated heterocycles. The van der Waals surface area contributed by atoms with E-state index in [1.807, 2.05) is 12.3 Å². The molecule has 0 bridgehead atoms. The Bertz CT molecular complexity index is 1110. The van der Waals surface area contributed by atoms with Crippen molar-refractivity contribution >= 4 is 10.8 Å². The third-order valence-corrected chi connectivity index (χ3v) is 7.90. The predicted octanol–water partition coefficient (Wildman–Crippen LogP) is 6.51. The van der Waals surface area contributed by atoms with E-state index in [4.69, 9.17) is 0 Å². The molecule has 2 aliphatic rings. The van der Waals surface area contributed by atoms with Crippen LogP contribution in [0.25, 0.3) is 22.0 Å². The molecule has 2 saturated carbocycles. The zero-order chi connectivity index (χ0) is 24.0. The van der Waals surface area contributed by atoms with Gasteiger partial charge in [-0.05, 0) is 58.5 Å². The third-order valence-electron chi connectivity index (χ3n) is 7.90. The van der Waals surface area contributed by atoms with Gasteiger partial charge in [0.25, 0.3) is 0 Å². The maximum Gasteiger partial charge on any atom is 0.0646 e. The van der Waals surface area contributed by atoms with E-state index in [0.717, 1.165) is 36.1 Å². The van der Waals surface area contributed by atoms with Crippen molar-refractivity contribution in [3.8, 4) is 11.3 Å². The van der Waals surface area contributed by atoms with Crippen molar-refractivity contribution in [1.29, 1.82) is 0 Å². The molecule has 185 valence electrons. The van der Waals surface area contributed by atoms with Crippen molar-refractivity contribution in [3.63, 3.8) is 0 Å². The Kier molecular flexibility index (Phi) is 8.09. The number of rotatable bonds is 1. The summed E-state index contributed by atoms with van der Waals surface area (Å²) in [6.07, 6.45) is 4.49. The normalized spacial score (nSPS) is 26.7. The van der Waals surface area contributed by atoms with Gasteiger partial charge in [0.2, 0.25) is 0 Å². The summed E-state index contributed by atoms with van der Waals surface area (Å²) in [7, 11) is 0. The van der Waals surface area contributed by atoms with Gasteiger partial charge < -0.3 is 15.2 Å². The monoisotopic (exact) mass is 637 g/mol. The molecule has 1 aromatic heterocycles. The number of pyridine rings is 1. The molecule has 0 aliphatic heterocycles. The molecule has 3 aromatic rings. The van der Waals surface area contributed by atoms with Crippen LogP contribution in [0.4, 0.5) is 0 Å². The van der Waals surface area contributed by atoms with Gasteiger partial charge in [0.15, 0.2) is 0 Å². The minimum absolute atomic E-state index is 0. The Morgan fingerprint density at radius 3 is 2.32 bits per heavy atom. The number of benzene rings is 2. The summed E-state index contributed by atoms with van der Waals surface area (Å²) in [5, 5.41) is 23.0. The van der Waals surface area contributed by atoms with Crippen LogP contribution < -0.4 is 0 Å². The minimum Gasteiger partial charge on any atom is -0.392 e. The Morgan fingerprint density at radius 2 is 1.62 bits per heavy atom. The van der Waals surface area contributed by atoms with Gasteiger partial charge in [0, 0.05) is 32.2 Å². The summed E-state index contributed by atoms with van der Waals surface area (Å²) < 4.78 is 0. The zero-order valence-electron chi connectivity index (χ0n) is 21.2. The summed E-state index contributed by atoms with van der Waals surface area (Å²) in [6, 6.07) is 18.0. The maximum atomic E-state index is 10.3. The SMILES string of the molecule is CC1(C)CCC2CC(C)(C)C(O)C2C1O.Cc1[c-]c(-c2nccc3ccccc23)cc(C)c1.[Ir]. The first-order valence-corrected chi connectivity index (χ1v) is 12.2. The van der Waals surface area contributed by atoms with E-state index < -0.39 is 0 Å². The first-order chi connectivity index (χ1) is 15.5. The zero-order valence-corrected chi connectivity index (χ0v) is 23.6. The van der Waals surface area contributed by atoms with E-state index in [9.17, 15) is 10.2 Å². The van der Waals surface area contributed by atoms with Crippen LogP contribution in [-0.2, 0) is 20.1 Å². The fourth-order valence-electron chi connectivity index (χ4n) is 6.02. The maximum absolute atomic E-state index is 10.3. The fourth-order valence-corrected chi connectivity index (χ4v) is 6.02. The van der Waals surface area contributed by atoms with Crippen molar-refractivity contribution < 1.29 is 30.3 Å². The molecule has 0 amide bonds. The minimum atomic E-state index is -0.340. The van der Waals surface area contributed by atoms with Crippen LogP contribution in [0.1, 0.15) is 58.1 Å². The number of fused-ring (bicyclic) bond motifs is 2. The number of hydrogen-bond donors (Lipinski definition) is 2. The molecule has 5 rings (SSSR count). The smallest absolute Gasteiger partial charge is 0.0646 e. The van der Waals surface area contributed by atoms with Crippen molar-refractivity contribution in [2.24, 2.45) is 22.7 Å². The topological polar surface area (TPSA) is 53.4 Å². The van der Waals surface area contributed by atoms with E-state index in [1.54, 1.807) is 0 Å². The van der Waals surface area contributed by atoms with Crippen LogP contribution in [0.15, 0.2) is 48.7 Å². The van der Waals surface area contributed by atoms with Crippen molar-refractivity contribution in [1.82, 2.24) is 4.98 Å². The molecule has 2 aliphatic carbocycles. The van der Waals surface area contributed by atoms with Gasteiger partial charge in [-0.3, -0.25) is 0 Å². The summed E-state index contributed by atoms with van der Waals surface area (Å²) in [5.41, 5.74) is 4.44. The van der Waals surface area contributed by atoms with Gasteiger partial charge in [0.1, 0.15) is 0 Å². The summed E-state index contributed by atoms with van der Waals surface area (Å²) in [5.74, 6) is 0.627. The van der Waals surface area contributed by atoms with Crippen LogP contribution in [0.3, 0.4) is 0 Å². The first kappa shape index (κ1) is 27.0. The average molecular weight is 637 g/mol. The average Bonchev–Trinajstić information content (AvgIpc) is 2.99. The fraction of sp³-hybridized carbons (Fsp3) is 0.500. The molecule has 4 atom stereocenters.